The Morgan fingerprint density at radius 1 is 1.28 bits per heavy atom. The van der Waals surface area contributed by atoms with Crippen molar-refractivity contribution in [3.8, 4) is 0 Å². The fraction of sp³-hybridized carbons (Fsp3) is 0.923. The predicted octanol–water partition coefficient (Wildman–Crippen LogP) is -0.137. The minimum Gasteiger partial charge on any atom is -0.395 e. The number of nitrogens with zero attached hydrogens (tertiary/aromatic N) is 1. The highest BCUT2D eigenvalue weighted by Gasteiger charge is 2.34. The molecule has 1 amide bonds. The molecule has 2 rings (SSSR count). The number of hydrogen-bond donors (Lipinski definition) is 3. The Bertz CT molecular complexity index is 279. The van der Waals surface area contributed by atoms with Crippen molar-refractivity contribution >= 4 is 5.91 Å². The van der Waals surface area contributed by atoms with Crippen LogP contribution in [0.2, 0.25) is 0 Å². The van der Waals surface area contributed by atoms with E-state index < -0.39 is 6.10 Å². The maximum atomic E-state index is 12.4. The van der Waals surface area contributed by atoms with Gasteiger partial charge in [0, 0.05) is 19.1 Å². The molecule has 0 radical (unpaired) electrons. The van der Waals surface area contributed by atoms with Crippen LogP contribution >= 0.6 is 0 Å². The first-order chi connectivity index (χ1) is 8.72. The topological polar surface area (TPSA) is 72.8 Å². The van der Waals surface area contributed by atoms with E-state index in [0.29, 0.717) is 19.5 Å². The van der Waals surface area contributed by atoms with Crippen molar-refractivity contribution in [2.45, 2.75) is 56.7 Å². The van der Waals surface area contributed by atoms with Gasteiger partial charge in [-0.3, -0.25) is 4.79 Å². The molecule has 1 aliphatic carbocycles. The molecule has 0 aromatic heterocycles. The quantitative estimate of drug-likeness (QED) is 0.655. The molecule has 0 aromatic rings. The van der Waals surface area contributed by atoms with E-state index in [1.165, 1.54) is 19.3 Å². The van der Waals surface area contributed by atoms with Crippen molar-refractivity contribution in [2.75, 3.05) is 19.7 Å². The fourth-order valence-electron chi connectivity index (χ4n) is 3.08. The minimum absolute atomic E-state index is 0.0114. The fourth-order valence-corrected chi connectivity index (χ4v) is 3.08. The number of hydrogen-bond acceptors (Lipinski definition) is 4. The van der Waals surface area contributed by atoms with E-state index in [1.807, 2.05) is 4.90 Å². The van der Waals surface area contributed by atoms with Crippen molar-refractivity contribution in [3.63, 3.8) is 0 Å². The molecular formula is C13H24N2O3. The van der Waals surface area contributed by atoms with E-state index in [4.69, 9.17) is 5.11 Å². The summed E-state index contributed by atoms with van der Waals surface area (Å²) < 4.78 is 0. The number of rotatable bonds is 4. The lowest BCUT2D eigenvalue weighted by atomic mass is 9.93. The Balaban J connectivity index is 1.97. The monoisotopic (exact) mass is 256 g/mol. The third-order valence-electron chi connectivity index (χ3n) is 4.05. The van der Waals surface area contributed by atoms with E-state index in [9.17, 15) is 9.90 Å². The van der Waals surface area contributed by atoms with Crippen molar-refractivity contribution in [1.82, 2.24) is 10.2 Å². The van der Waals surface area contributed by atoms with Crippen LogP contribution in [0.5, 0.6) is 0 Å². The number of aliphatic hydroxyl groups excluding tert-OH is 2. The molecule has 1 saturated carbocycles. The third kappa shape index (κ3) is 3.22. The van der Waals surface area contributed by atoms with E-state index in [1.54, 1.807) is 0 Å². The van der Waals surface area contributed by atoms with Crippen molar-refractivity contribution in [3.05, 3.63) is 0 Å². The summed E-state index contributed by atoms with van der Waals surface area (Å²) >= 11 is 0. The van der Waals surface area contributed by atoms with Crippen LogP contribution in [0, 0.1) is 0 Å². The molecule has 2 aliphatic rings. The summed E-state index contributed by atoms with van der Waals surface area (Å²) in [6.07, 6.45) is 5.75. The van der Waals surface area contributed by atoms with E-state index >= 15 is 0 Å². The molecule has 1 heterocycles. The number of nitrogens with one attached hydrogen (secondary N) is 1. The SMILES string of the molecule is O=C(C1CC(O)CN1)N(CCO)C1CCCCC1. The van der Waals surface area contributed by atoms with Crippen LogP contribution in [-0.2, 0) is 4.79 Å². The molecule has 5 nitrogen and oxygen atoms in total. The second-order valence-corrected chi connectivity index (χ2v) is 5.40. The predicted molar refractivity (Wildman–Crippen MR) is 68.1 cm³/mol. The van der Waals surface area contributed by atoms with Gasteiger partial charge in [-0.15, -0.1) is 0 Å². The highest BCUT2D eigenvalue weighted by atomic mass is 16.3. The Morgan fingerprint density at radius 3 is 2.56 bits per heavy atom. The van der Waals surface area contributed by atoms with E-state index in [-0.39, 0.29) is 24.6 Å². The molecule has 0 spiro atoms. The summed E-state index contributed by atoms with van der Waals surface area (Å²) in [5.74, 6) is 0.0486. The highest BCUT2D eigenvalue weighted by Crippen LogP contribution is 2.24. The normalized spacial score (nSPS) is 29.4. The van der Waals surface area contributed by atoms with Crippen LogP contribution in [0.25, 0.3) is 0 Å². The molecule has 0 bridgehead atoms. The summed E-state index contributed by atoms with van der Waals surface area (Å²) in [4.78, 5) is 14.2. The van der Waals surface area contributed by atoms with Gasteiger partial charge in [0.25, 0.3) is 0 Å². The van der Waals surface area contributed by atoms with Gasteiger partial charge in [0.15, 0.2) is 0 Å². The maximum Gasteiger partial charge on any atom is 0.240 e. The van der Waals surface area contributed by atoms with Gasteiger partial charge in [0.05, 0.1) is 18.8 Å². The summed E-state index contributed by atoms with van der Waals surface area (Å²) in [5.41, 5.74) is 0. The van der Waals surface area contributed by atoms with Crippen molar-refractivity contribution in [1.29, 1.82) is 0 Å². The van der Waals surface area contributed by atoms with Crippen molar-refractivity contribution < 1.29 is 15.0 Å². The Hall–Kier alpha value is -0.650. The highest BCUT2D eigenvalue weighted by molar-refractivity contribution is 5.82. The zero-order valence-electron chi connectivity index (χ0n) is 10.8. The Kier molecular flexibility index (Phi) is 4.97. The lowest BCUT2D eigenvalue weighted by Crippen LogP contribution is -2.50. The van der Waals surface area contributed by atoms with Crippen molar-refractivity contribution in [2.24, 2.45) is 0 Å². The lowest BCUT2D eigenvalue weighted by molar-refractivity contribution is -0.136. The van der Waals surface area contributed by atoms with Crippen LogP contribution in [0.3, 0.4) is 0 Å². The van der Waals surface area contributed by atoms with Crippen LogP contribution in [0.1, 0.15) is 38.5 Å². The zero-order chi connectivity index (χ0) is 13.0. The van der Waals surface area contributed by atoms with Gasteiger partial charge in [-0.25, -0.2) is 0 Å². The van der Waals surface area contributed by atoms with E-state index in [0.717, 1.165) is 12.8 Å². The van der Waals surface area contributed by atoms with Gasteiger partial charge in [-0.2, -0.15) is 0 Å². The number of carbonyl (C=O) groups excluding carboxylic acids is 1. The Morgan fingerprint density at radius 2 is 2.00 bits per heavy atom. The smallest absolute Gasteiger partial charge is 0.240 e. The maximum absolute atomic E-state index is 12.4. The molecule has 2 fully saturated rings. The first-order valence-corrected chi connectivity index (χ1v) is 7.05. The molecule has 1 aliphatic heterocycles. The van der Waals surface area contributed by atoms with Crippen LogP contribution in [-0.4, -0.2) is 58.9 Å². The van der Waals surface area contributed by atoms with E-state index in [2.05, 4.69) is 5.32 Å². The first-order valence-electron chi connectivity index (χ1n) is 7.05. The number of aliphatic hydroxyl groups is 2. The summed E-state index contributed by atoms with van der Waals surface area (Å²) in [6.45, 7) is 0.920. The summed E-state index contributed by atoms with van der Waals surface area (Å²) in [7, 11) is 0. The molecule has 0 aromatic carbocycles. The molecule has 104 valence electrons. The zero-order valence-corrected chi connectivity index (χ0v) is 10.8. The van der Waals surface area contributed by atoms with Crippen LogP contribution < -0.4 is 5.32 Å². The molecule has 18 heavy (non-hydrogen) atoms. The van der Waals surface area contributed by atoms with Crippen LogP contribution in [0.15, 0.2) is 0 Å². The number of carbonyl (C=O) groups is 1. The molecule has 2 unspecified atom stereocenters. The molecule has 5 heteroatoms. The third-order valence-corrected chi connectivity index (χ3v) is 4.05. The lowest BCUT2D eigenvalue weighted by Gasteiger charge is -2.35. The minimum atomic E-state index is -0.415. The van der Waals surface area contributed by atoms with Gasteiger partial charge < -0.3 is 20.4 Å². The van der Waals surface area contributed by atoms with Gasteiger partial charge in [-0.1, -0.05) is 19.3 Å². The van der Waals surface area contributed by atoms with Crippen LogP contribution in [0.4, 0.5) is 0 Å². The van der Waals surface area contributed by atoms with Gasteiger partial charge in [0.1, 0.15) is 0 Å². The Labute approximate surface area is 108 Å². The summed E-state index contributed by atoms with van der Waals surface area (Å²) in [6, 6.07) is 0.00594. The second-order valence-electron chi connectivity index (χ2n) is 5.40. The summed E-state index contributed by atoms with van der Waals surface area (Å²) in [5, 5.41) is 21.7. The molecule has 2 atom stereocenters. The molecule has 3 N–H and O–H groups in total. The number of β-amino-alcohol motifs (C(OH)–C–C–N with tert-alkyl or cyclic N) is 1. The second kappa shape index (κ2) is 6.50. The average molecular weight is 256 g/mol. The average Bonchev–Trinajstić information content (AvgIpc) is 2.83. The molecule has 1 saturated heterocycles. The van der Waals surface area contributed by atoms with Gasteiger partial charge >= 0.3 is 0 Å². The number of amides is 1. The van der Waals surface area contributed by atoms with Gasteiger partial charge in [0.2, 0.25) is 5.91 Å². The largest absolute Gasteiger partial charge is 0.395 e. The molecular weight excluding hydrogens is 232 g/mol. The first kappa shape index (κ1) is 13.8. The standard InChI is InChI=1S/C13H24N2O3/c16-7-6-15(10-4-2-1-3-5-10)13(18)12-8-11(17)9-14-12/h10-12,14,16-17H,1-9H2. The van der Waals surface area contributed by atoms with Gasteiger partial charge in [-0.05, 0) is 19.3 Å².